The van der Waals surface area contributed by atoms with Gasteiger partial charge in [-0.15, -0.1) is 11.3 Å². The number of hydrogen-bond donors (Lipinski definition) is 1. The lowest BCUT2D eigenvalue weighted by atomic mass is 10.3. The molecule has 0 aromatic carbocycles. The van der Waals surface area contributed by atoms with Gasteiger partial charge in [0.1, 0.15) is 4.21 Å². The SMILES string of the molecule is CC(=O)NC1CCN(S(=O)(=O)c2cc(Cl)c(Br)s2)C1. The standard InChI is InChI=1S/C10H12BrClN2O3S2/c1-6(15)13-7-2-3-14(5-7)19(16,17)9-4-8(12)10(11)18-9/h4,7H,2-3,5H2,1H3,(H,13,15). The van der Waals surface area contributed by atoms with Crippen LogP contribution in [0.1, 0.15) is 13.3 Å². The van der Waals surface area contributed by atoms with E-state index in [1.165, 1.54) is 17.3 Å². The summed E-state index contributed by atoms with van der Waals surface area (Å²) in [6, 6.07) is 1.32. The van der Waals surface area contributed by atoms with Crippen LogP contribution in [0, 0.1) is 0 Å². The fourth-order valence-corrected chi connectivity index (χ4v) is 5.99. The number of halogens is 2. The monoisotopic (exact) mass is 386 g/mol. The molecule has 0 aliphatic carbocycles. The van der Waals surface area contributed by atoms with E-state index in [1.54, 1.807) is 0 Å². The minimum Gasteiger partial charge on any atom is -0.352 e. The first kappa shape index (κ1) is 15.2. The number of hydrogen-bond acceptors (Lipinski definition) is 4. The first-order chi connectivity index (χ1) is 8.80. The van der Waals surface area contributed by atoms with Crippen LogP contribution in [-0.4, -0.2) is 37.8 Å². The van der Waals surface area contributed by atoms with Gasteiger partial charge < -0.3 is 5.32 Å². The normalized spacial score (nSPS) is 20.7. The number of carbonyl (C=O) groups is 1. The van der Waals surface area contributed by atoms with Crippen molar-refractivity contribution in [2.45, 2.75) is 23.6 Å². The lowest BCUT2D eigenvalue weighted by molar-refractivity contribution is -0.119. The minimum absolute atomic E-state index is 0.119. The highest BCUT2D eigenvalue weighted by Crippen LogP contribution is 2.36. The molecule has 0 radical (unpaired) electrons. The molecule has 106 valence electrons. The van der Waals surface area contributed by atoms with Crippen LogP contribution in [0.15, 0.2) is 14.1 Å². The van der Waals surface area contributed by atoms with Crippen LogP contribution in [0.5, 0.6) is 0 Å². The second-order valence-corrected chi connectivity index (χ2v) is 9.18. The van der Waals surface area contributed by atoms with Crippen LogP contribution in [-0.2, 0) is 14.8 Å². The Balaban J connectivity index is 2.16. The molecular weight excluding hydrogens is 376 g/mol. The zero-order valence-corrected chi connectivity index (χ0v) is 14.0. The Kier molecular flexibility index (Phi) is 4.56. The van der Waals surface area contributed by atoms with Gasteiger partial charge in [-0.05, 0) is 28.4 Å². The summed E-state index contributed by atoms with van der Waals surface area (Å²) in [6.45, 7) is 2.13. The van der Waals surface area contributed by atoms with Crippen molar-refractivity contribution in [3.05, 3.63) is 14.9 Å². The Morgan fingerprint density at radius 2 is 2.32 bits per heavy atom. The van der Waals surface area contributed by atoms with Crippen LogP contribution in [0.25, 0.3) is 0 Å². The summed E-state index contributed by atoms with van der Waals surface area (Å²) in [6.07, 6.45) is 0.624. The first-order valence-corrected chi connectivity index (χ1v) is 8.95. The van der Waals surface area contributed by atoms with Crippen LogP contribution in [0.4, 0.5) is 0 Å². The second-order valence-electron chi connectivity index (χ2n) is 4.24. The molecule has 1 aliphatic heterocycles. The Labute approximate surface area is 129 Å². The smallest absolute Gasteiger partial charge is 0.252 e. The van der Waals surface area contributed by atoms with Gasteiger partial charge in [0, 0.05) is 26.1 Å². The molecule has 1 amide bonds. The number of rotatable bonds is 3. The molecule has 1 unspecified atom stereocenters. The van der Waals surface area contributed by atoms with Gasteiger partial charge in [-0.25, -0.2) is 8.42 Å². The number of sulfonamides is 1. The van der Waals surface area contributed by atoms with Crippen molar-refractivity contribution in [3.63, 3.8) is 0 Å². The molecule has 1 fully saturated rings. The predicted octanol–water partition coefficient (Wildman–Crippen LogP) is 2.06. The van der Waals surface area contributed by atoms with E-state index in [4.69, 9.17) is 11.6 Å². The lowest BCUT2D eigenvalue weighted by Crippen LogP contribution is -2.37. The van der Waals surface area contributed by atoms with Gasteiger partial charge in [0.15, 0.2) is 0 Å². The molecule has 1 aromatic rings. The first-order valence-electron chi connectivity index (χ1n) is 5.53. The van der Waals surface area contributed by atoms with Crippen molar-refractivity contribution in [1.29, 1.82) is 0 Å². The zero-order chi connectivity index (χ0) is 14.2. The van der Waals surface area contributed by atoms with Crippen molar-refractivity contribution in [2.75, 3.05) is 13.1 Å². The number of thiophene rings is 1. The summed E-state index contributed by atoms with van der Waals surface area (Å²) in [4.78, 5) is 11.0. The number of amides is 1. The Hall–Kier alpha value is -0.150. The maximum absolute atomic E-state index is 12.4. The molecule has 2 rings (SSSR count). The molecule has 9 heteroatoms. The Morgan fingerprint density at radius 3 is 2.84 bits per heavy atom. The molecule has 19 heavy (non-hydrogen) atoms. The van der Waals surface area contributed by atoms with E-state index >= 15 is 0 Å². The zero-order valence-electron chi connectivity index (χ0n) is 10.0. The third-order valence-electron chi connectivity index (χ3n) is 2.78. The summed E-state index contributed by atoms with van der Waals surface area (Å²) in [5.74, 6) is -0.147. The average molecular weight is 388 g/mol. The molecule has 0 spiro atoms. The van der Waals surface area contributed by atoms with E-state index in [1.807, 2.05) is 0 Å². The van der Waals surface area contributed by atoms with E-state index in [-0.39, 0.29) is 16.2 Å². The van der Waals surface area contributed by atoms with Crippen molar-refractivity contribution in [2.24, 2.45) is 0 Å². The molecule has 1 aromatic heterocycles. The lowest BCUT2D eigenvalue weighted by Gasteiger charge is -2.15. The molecule has 0 bridgehead atoms. The Bertz CT molecular complexity index is 582. The highest BCUT2D eigenvalue weighted by molar-refractivity contribution is 9.11. The molecule has 5 nitrogen and oxygen atoms in total. The Morgan fingerprint density at radius 1 is 1.63 bits per heavy atom. The largest absolute Gasteiger partial charge is 0.352 e. The van der Waals surface area contributed by atoms with Gasteiger partial charge in [-0.2, -0.15) is 4.31 Å². The topological polar surface area (TPSA) is 66.5 Å². The minimum atomic E-state index is -3.52. The number of nitrogens with zero attached hydrogens (tertiary/aromatic N) is 1. The van der Waals surface area contributed by atoms with Gasteiger partial charge in [0.2, 0.25) is 5.91 Å². The summed E-state index contributed by atoms with van der Waals surface area (Å²) in [5.41, 5.74) is 0. The highest BCUT2D eigenvalue weighted by atomic mass is 79.9. The molecule has 2 heterocycles. The van der Waals surface area contributed by atoms with E-state index in [0.717, 1.165) is 11.3 Å². The van der Waals surface area contributed by atoms with Gasteiger partial charge in [0.25, 0.3) is 10.0 Å². The third-order valence-corrected chi connectivity index (χ3v) is 7.56. The summed E-state index contributed by atoms with van der Waals surface area (Å²) >= 11 is 10.2. The van der Waals surface area contributed by atoms with Crippen molar-refractivity contribution >= 4 is 54.8 Å². The van der Waals surface area contributed by atoms with Crippen molar-refractivity contribution < 1.29 is 13.2 Å². The van der Waals surface area contributed by atoms with Crippen LogP contribution < -0.4 is 5.32 Å². The molecule has 1 aliphatic rings. The molecule has 1 saturated heterocycles. The quantitative estimate of drug-likeness (QED) is 0.863. The second kappa shape index (κ2) is 5.69. The summed E-state index contributed by atoms with van der Waals surface area (Å²) in [7, 11) is -3.52. The maximum atomic E-state index is 12.4. The molecular formula is C10H12BrClN2O3S2. The number of carbonyl (C=O) groups excluding carboxylic acids is 1. The fraction of sp³-hybridized carbons (Fsp3) is 0.500. The summed E-state index contributed by atoms with van der Waals surface area (Å²) in [5, 5.41) is 3.12. The summed E-state index contributed by atoms with van der Waals surface area (Å²) < 4.78 is 26.9. The molecule has 0 saturated carbocycles. The van der Waals surface area contributed by atoms with Crippen LogP contribution in [0.3, 0.4) is 0 Å². The third kappa shape index (κ3) is 3.30. The predicted molar refractivity (Wildman–Crippen MR) is 78.0 cm³/mol. The van der Waals surface area contributed by atoms with Crippen molar-refractivity contribution in [1.82, 2.24) is 9.62 Å². The van der Waals surface area contributed by atoms with E-state index < -0.39 is 10.0 Å². The van der Waals surface area contributed by atoms with E-state index in [2.05, 4.69) is 21.2 Å². The van der Waals surface area contributed by atoms with Crippen LogP contribution >= 0.6 is 38.9 Å². The van der Waals surface area contributed by atoms with Gasteiger partial charge >= 0.3 is 0 Å². The number of nitrogens with one attached hydrogen (secondary N) is 1. The fourth-order valence-electron chi connectivity index (χ4n) is 1.93. The van der Waals surface area contributed by atoms with E-state index in [0.29, 0.717) is 28.3 Å². The van der Waals surface area contributed by atoms with Gasteiger partial charge in [-0.3, -0.25) is 4.79 Å². The van der Waals surface area contributed by atoms with Gasteiger partial charge in [0.05, 0.1) is 8.81 Å². The molecule has 1 atom stereocenters. The van der Waals surface area contributed by atoms with Gasteiger partial charge in [-0.1, -0.05) is 11.6 Å². The van der Waals surface area contributed by atoms with Crippen molar-refractivity contribution in [3.8, 4) is 0 Å². The highest BCUT2D eigenvalue weighted by Gasteiger charge is 2.34. The molecule has 1 N–H and O–H groups in total. The average Bonchev–Trinajstić information content (AvgIpc) is 2.87. The maximum Gasteiger partial charge on any atom is 0.252 e. The van der Waals surface area contributed by atoms with E-state index in [9.17, 15) is 13.2 Å². The van der Waals surface area contributed by atoms with Crippen LogP contribution in [0.2, 0.25) is 5.02 Å².